The number of aliphatic imine (C=N–C) groups is 1. The third kappa shape index (κ3) is 3.76. The topological polar surface area (TPSA) is 47.9 Å². The van der Waals surface area contributed by atoms with Crippen LogP contribution >= 0.6 is 11.8 Å². The maximum atomic E-state index is 11.9. The van der Waals surface area contributed by atoms with Gasteiger partial charge in [-0.1, -0.05) is 24.8 Å². The molecule has 2 aliphatic rings. The molecule has 0 radical (unpaired) electrons. The molecule has 1 fully saturated rings. The molecule has 0 aromatic rings. The highest BCUT2D eigenvalue weighted by atomic mass is 32.2. The molecule has 0 spiro atoms. The fourth-order valence-electron chi connectivity index (χ4n) is 2.42. The number of hydrogen-bond donors (Lipinski definition) is 1. The van der Waals surface area contributed by atoms with Crippen LogP contribution in [0.25, 0.3) is 0 Å². The maximum absolute atomic E-state index is 11.9. The average Bonchev–Trinajstić information content (AvgIpc) is 2.90. The van der Waals surface area contributed by atoms with Crippen LogP contribution in [0, 0.1) is 0 Å². The zero-order valence-corrected chi connectivity index (χ0v) is 13.2. The van der Waals surface area contributed by atoms with E-state index in [9.17, 15) is 4.79 Å². The van der Waals surface area contributed by atoms with Crippen LogP contribution in [0.3, 0.4) is 0 Å². The first-order valence-electron chi connectivity index (χ1n) is 7.20. The molecule has 0 saturated carbocycles. The number of thioether (sulfide) groups is 1. The third-order valence-corrected chi connectivity index (χ3v) is 4.87. The second-order valence-corrected chi connectivity index (χ2v) is 6.69. The Morgan fingerprint density at radius 3 is 2.80 bits per heavy atom. The number of amides is 1. The van der Waals surface area contributed by atoms with Gasteiger partial charge in [-0.3, -0.25) is 14.7 Å². The predicted octanol–water partition coefficient (Wildman–Crippen LogP) is 0.786. The number of carbonyl (C=O) groups excluding carboxylic acids is 1. The zero-order chi connectivity index (χ0) is 14.5. The second-order valence-electron chi connectivity index (χ2n) is 5.28. The van der Waals surface area contributed by atoms with Crippen molar-refractivity contribution < 1.29 is 4.79 Å². The molecule has 0 aromatic carbocycles. The lowest BCUT2D eigenvalue weighted by atomic mass is 10.2. The van der Waals surface area contributed by atoms with Gasteiger partial charge in [-0.25, -0.2) is 0 Å². The van der Waals surface area contributed by atoms with Crippen molar-refractivity contribution in [1.82, 2.24) is 15.1 Å². The average molecular weight is 296 g/mol. The minimum absolute atomic E-state index is 0.0748. The Hall–Kier alpha value is -1.01. The second kappa shape index (κ2) is 7.13. The van der Waals surface area contributed by atoms with E-state index < -0.39 is 0 Å². The number of amidine groups is 1. The summed E-state index contributed by atoms with van der Waals surface area (Å²) >= 11 is 1.87. The maximum Gasteiger partial charge on any atom is 0.237 e. The Morgan fingerprint density at radius 2 is 2.25 bits per heavy atom. The molecule has 6 heteroatoms. The predicted molar refractivity (Wildman–Crippen MR) is 85.2 cm³/mol. The van der Waals surface area contributed by atoms with Gasteiger partial charge in [0.05, 0.1) is 12.6 Å². The zero-order valence-electron chi connectivity index (χ0n) is 12.3. The van der Waals surface area contributed by atoms with Crippen molar-refractivity contribution in [3.63, 3.8) is 0 Å². The monoisotopic (exact) mass is 296 g/mol. The summed E-state index contributed by atoms with van der Waals surface area (Å²) in [5.41, 5.74) is 0. The third-order valence-electron chi connectivity index (χ3n) is 3.72. The molecular formula is C14H24N4OS. The number of rotatable bonds is 4. The summed E-state index contributed by atoms with van der Waals surface area (Å²) in [5.74, 6) is 0.0829. The summed E-state index contributed by atoms with van der Waals surface area (Å²) in [6.45, 7) is 13.0. The van der Waals surface area contributed by atoms with E-state index in [1.807, 2.05) is 18.7 Å². The first-order chi connectivity index (χ1) is 9.61. The van der Waals surface area contributed by atoms with E-state index in [0.29, 0.717) is 11.8 Å². The Morgan fingerprint density at radius 1 is 1.55 bits per heavy atom. The quantitative estimate of drug-likeness (QED) is 0.779. The van der Waals surface area contributed by atoms with Gasteiger partial charge in [-0.05, 0) is 6.92 Å². The molecule has 2 atom stereocenters. The molecule has 2 heterocycles. The lowest BCUT2D eigenvalue weighted by Crippen LogP contribution is -2.54. The van der Waals surface area contributed by atoms with Crippen molar-refractivity contribution in [3.8, 4) is 0 Å². The van der Waals surface area contributed by atoms with Gasteiger partial charge in [0.2, 0.25) is 5.91 Å². The minimum atomic E-state index is -0.0748. The van der Waals surface area contributed by atoms with E-state index in [2.05, 4.69) is 33.6 Å². The van der Waals surface area contributed by atoms with Gasteiger partial charge >= 0.3 is 0 Å². The van der Waals surface area contributed by atoms with Crippen molar-refractivity contribution >= 4 is 22.8 Å². The lowest BCUT2D eigenvalue weighted by Gasteiger charge is -2.38. The summed E-state index contributed by atoms with van der Waals surface area (Å²) in [6, 6.07) is -0.0748. The molecule has 0 unspecified atom stereocenters. The summed E-state index contributed by atoms with van der Waals surface area (Å²) in [5, 5.41) is 4.65. The summed E-state index contributed by atoms with van der Waals surface area (Å²) in [7, 11) is 0. The smallest absolute Gasteiger partial charge is 0.237 e. The molecule has 0 bridgehead atoms. The molecular weight excluding hydrogens is 272 g/mol. The van der Waals surface area contributed by atoms with Crippen LogP contribution in [0.4, 0.5) is 0 Å². The Bertz CT molecular complexity index is 391. The summed E-state index contributed by atoms with van der Waals surface area (Å²) < 4.78 is 0. The van der Waals surface area contributed by atoms with Gasteiger partial charge in [0.1, 0.15) is 0 Å². The van der Waals surface area contributed by atoms with Gasteiger partial charge in [-0.2, -0.15) is 0 Å². The van der Waals surface area contributed by atoms with Crippen molar-refractivity contribution in [1.29, 1.82) is 0 Å². The van der Waals surface area contributed by atoms with Gasteiger partial charge in [0.25, 0.3) is 0 Å². The van der Waals surface area contributed by atoms with Gasteiger partial charge in [-0.15, -0.1) is 6.58 Å². The first-order valence-corrected chi connectivity index (χ1v) is 8.08. The van der Waals surface area contributed by atoms with Gasteiger partial charge in [0.15, 0.2) is 5.17 Å². The SMILES string of the molecule is C=CCNC(=O)[C@H](C)N1CCN(C2=NC[C@@H](C)S2)CC1. The lowest BCUT2D eigenvalue weighted by molar-refractivity contribution is -0.126. The molecule has 5 nitrogen and oxygen atoms in total. The van der Waals surface area contributed by atoms with Crippen molar-refractivity contribution in [2.75, 3.05) is 39.3 Å². The van der Waals surface area contributed by atoms with Crippen LogP contribution in [0.5, 0.6) is 0 Å². The van der Waals surface area contributed by atoms with E-state index >= 15 is 0 Å². The molecule has 20 heavy (non-hydrogen) atoms. The van der Waals surface area contributed by atoms with Gasteiger partial charge < -0.3 is 10.2 Å². The molecule has 2 rings (SSSR count). The fourth-order valence-corrected chi connectivity index (χ4v) is 3.41. The van der Waals surface area contributed by atoms with Crippen LogP contribution in [0.1, 0.15) is 13.8 Å². The fraction of sp³-hybridized carbons (Fsp3) is 0.714. The normalized spacial score (nSPS) is 25.2. The number of nitrogens with one attached hydrogen (secondary N) is 1. The molecule has 1 amide bonds. The first kappa shape index (κ1) is 15.4. The highest BCUT2D eigenvalue weighted by molar-refractivity contribution is 8.14. The van der Waals surface area contributed by atoms with Crippen molar-refractivity contribution in [2.24, 2.45) is 4.99 Å². The van der Waals surface area contributed by atoms with E-state index in [0.717, 1.165) is 32.7 Å². The number of hydrogen-bond acceptors (Lipinski definition) is 5. The largest absolute Gasteiger partial charge is 0.351 e. The van der Waals surface area contributed by atoms with E-state index in [-0.39, 0.29) is 11.9 Å². The molecule has 0 aliphatic carbocycles. The number of piperazine rings is 1. The van der Waals surface area contributed by atoms with Crippen molar-refractivity contribution in [3.05, 3.63) is 12.7 Å². The highest BCUT2D eigenvalue weighted by Gasteiger charge is 2.28. The number of carbonyl (C=O) groups is 1. The highest BCUT2D eigenvalue weighted by Crippen LogP contribution is 2.23. The van der Waals surface area contributed by atoms with E-state index in [4.69, 9.17) is 0 Å². The van der Waals surface area contributed by atoms with Crippen LogP contribution in [-0.2, 0) is 4.79 Å². The molecule has 1 N–H and O–H groups in total. The molecule has 112 valence electrons. The van der Waals surface area contributed by atoms with Crippen LogP contribution in [0.2, 0.25) is 0 Å². The van der Waals surface area contributed by atoms with Gasteiger partial charge in [0, 0.05) is 38.0 Å². The number of nitrogens with zero attached hydrogens (tertiary/aromatic N) is 3. The summed E-state index contributed by atoms with van der Waals surface area (Å²) in [6.07, 6.45) is 1.71. The Balaban J connectivity index is 1.79. The minimum Gasteiger partial charge on any atom is -0.351 e. The van der Waals surface area contributed by atoms with Crippen molar-refractivity contribution in [2.45, 2.75) is 25.1 Å². The summed E-state index contributed by atoms with van der Waals surface area (Å²) in [4.78, 5) is 21.1. The molecule has 2 aliphatic heterocycles. The van der Waals surface area contributed by atoms with E-state index in [1.54, 1.807) is 6.08 Å². The van der Waals surface area contributed by atoms with Crippen LogP contribution < -0.4 is 5.32 Å². The standard InChI is InChI=1S/C14H24N4OS/c1-4-5-15-13(19)12(3)17-6-8-18(9-7-17)14-16-10-11(2)20-14/h4,11-12H,1,5-10H2,2-3H3,(H,15,19)/t11-,12+/m1/s1. The van der Waals surface area contributed by atoms with E-state index in [1.165, 1.54) is 5.17 Å². The van der Waals surface area contributed by atoms with Crippen LogP contribution in [0.15, 0.2) is 17.6 Å². The molecule has 1 saturated heterocycles. The Kier molecular flexibility index (Phi) is 5.48. The van der Waals surface area contributed by atoms with Crippen LogP contribution in [-0.4, -0.2) is 71.4 Å². The molecule has 0 aromatic heterocycles. The Labute approximate surface area is 125 Å².